The van der Waals surface area contributed by atoms with E-state index in [2.05, 4.69) is 30.7 Å². The van der Waals surface area contributed by atoms with E-state index in [0.29, 0.717) is 6.54 Å². The molecule has 0 bridgehead atoms. The molecule has 0 amide bonds. The van der Waals surface area contributed by atoms with E-state index in [4.69, 9.17) is 0 Å². The summed E-state index contributed by atoms with van der Waals surface area (Å²) in [4.78, 5) is 4.14. The summed E-state index contributed by atoms with van der Waals surface area (Å²) in [6.45, 7) is 2.20. The summed E-state index contributed by atoms with van der Waals surface area (Å²) in [5, 5.41) is 4.07. The zero-order valence-corrected chi connectivity index (χ0v) is 15.9. The number of nitrogens with one attached hydrogen (secondary N) is 1. The molecule has 0 fully saturated rings. The van der Waals surface area contributed by atoms with Crippen molar-refractivity contribution in [3.63, 3.8) is 0 Å². The van der Waals surface area contributed by atoms with Crippen molar-refractivity contribution >= 4 is 26.0 Å². The average molecular weight is 421 g/mol. The number of aromatic nitrogens is 3. The lowest BCUT2D eigenvalue weighted by atomic mass is 10.1. The Morgan fingerprint density at radius 2 is 1.96 bits per heavy atom. The van der Waals surface area contributed by atoms with E-state index in [1.165, 1.54) is 6.33 Å². The van der Waals surface area contributed by atoms with Gasteiger partial charge in [-0.2, -0.15) is 5.10 Å². The van der Waals surface area contributed by atoms with Crippen LogP contribution in [0.5, 0.6) is 0 Å². The predicted octanol–water partition coefficient (Wildman–Crippen LogP) is 3.07. The maximum Gasteiger partial charge on any atom is 0.241 e. The number of halogens is 1. The van der Waals surface area contributed by atoms with Crippen molar-refractivity contribution in [1.82, 2.24) is 19.5 Å². The second kappa shape index (κ2) is 7.47. The second-order valence-corrected chi connectivity index (χ2v) is 8.18. The summed E-state index contributed by atoms with van der Waals surface area (Å²) in [6, 6.07) is 13.9. The molecule has 6 nitrogen and oxygen atoms in total. The van der Waals surface area contributed by atoms with Gasteiger partial charge >= 0.3 is 0 Å². The molecule has 1 N–H and O–H groups in total. The van der Waals surface area contributed by atoms with Crippen molar-refractivity contribution in [3.8, 4) is 0 Å². The zero-order valence-electron chi connectivity index (χ0n) is 13.5. The highest BCUT2D eigenvalue weighted by Crippen LogP contribution is 2.23. The molecule has 1 atom stereocenters. The van der Waals surface area contributed by atoms with E-state index in [1.54, 1.807) is 29.2 Å². The lowest BCUT2D eigenvalue weighted by molar-refractivity contribution is 0.482. The maximum absolute atomic E-state index is 12.8. The summed E-state index contributed by atoms with van der Waals surface area (Å²) in [7, 11) is -3.68. The Bertz CT molecular complexity index is 944. The molecule has 0 aliphatic heterocycles. The Labute approximate surface area is 155 Å². The van der Waals surface area contributed by atoms with Gasteiger partial charge in [0.25, 0.3) is 0 Å². The van der Waals surface area contributed by atoms with Crippen LogP contribution in [0.25, 0.3) is 0 Å². The van der Waals surface area contributed by atoms with Crippen molar-refractivity contribution in [2.24, 2.45) is 0 Å². The highest BCUT2D eigenvalue weighted by atomic mass is 79.9. The molecule has 1 heterocycles. The zero-order chi connectivity index (χ0) is 17.9. The smallest absolute Gasteiger partial charge is 0.241 e. The fraction of sp³-hybridized carbons (Fsp3) is 0.176. The maximum atomic E-state index is 12.8. The monoisotopic (exact) mass is 420 g/mol. The van der Waals surface area contributed by atoms with Gasteiger partial charge < -0.3 is 0 Å². The molecular weight excluding hydrogens is 404 g/mol. The first-order valence-electron chi connectivity index (χ1n) is 7.61. The van der Waals surface area contributed by atoms with Gasteiger partial charge in [-0.3, -0.25) is 4.68 Å². The van der Waals surface area contributed by atoms with Crippen LogP contribution in [0.1, 0.15) is 17.2 Å². The SMILES string of the molecule is Cc1cc(S(=O)(=O)NC(Cn2cncn2)c2ccccc2)ccc1Br. The number of rotatable bonds is 6. The Hall–Kier alpha value is -2.03. The van der Waals surface area contributed by atoms with Crippen LogP contribution < -0.4 is 4.72 Å². The molecule has 0 radical (unpaired) electrons. The summed E-state index contributed by atoms with van der Waals surface area (Å²) in [5.74, 6) is 0. The molecule has 2 aromatic carbocycles. The van der Waals surface area contributed by atoms with Gasteiger partial charge in [0.05, 0.1) is 17.5 Å². The Kier molecular flexibility index (Phi) is 5.31. The molecule has 1 aromatic heterocycles. The highest BCUT2D eigenvalue weighted by Gasteiger charge is 2.22. The number of nitrogens with zero attached hydrogens (tertiary/aromatic N) is 3. The first-order chi connectivity index (χ1) is 12.0. The lowest BCUT2D eigenvalue weighted by Crippen LogP contribution is -2.31. The van der Waals surface area contributed by atoms with Gasteiger partial charge in [-0.25, -0.2) is 18.1 Å². The van der Waals surface area contributed by atoms with Crippen LogP contribution in [0.3, 0.4) is 0 Å². The van der Waals surface area contributed by atoms with Crippen molar-refractivity contribution in [3.05, 3.63) is 76.8 Å². The van der Waals surface area contributed by atoms with E-state index < -0.39 is 16.1 Å². The molecule has 0 aliphatic carbocycles. The van der Waals surface area contributed by atoms with Crippen LogP contribution in [0.4, 0.5) is 0 Å². The molecule has 0 saturated carbocycles. The number of aryl methyl sites for hydroxylation is 1. The molecule has 3 rings (SSSR count). The van der Waals surface area contributed by atoms with Gasteiger partial charge in [0.15, 0.2) is 0 Å². The minimum Gasteiger partial charge on any atom is -0.251 e. The van der Waals surface area contributed by atoms with Crippen molar-refractivity contribution in [1.29, 1.82) is 0 Å². The average Bonchev–Trinajstić information content (AvgIpc) is 3.10. The number of hydrogen-bond donors (Lipinski definition) is 1. The summed E-state index contributed by atoms with van der Waals surface area (Å²) >= 11 is 3.39. The topological polar surface area (TPSA) is 76.9 Å². The minimum absolute atomic E-state index is 0.229. The molecule has 1 unspecified atom stereocenters. The third-order valence-corrected chi connectivity index (χ3v) is 6.13. The fourth-order valence-electron chi connectivity index (χ4n) is 2.45. The molecule has 25 heavy (non-hydrogen) atoms. The van der Waals surface area contributed by atoms with Gasteiger partial charge in [-0.15, -0.1) is 0 Å². The molecule has 8 heteroatoms. The molecule has 3 aromatic rings. The van der Waals surface area contributed by atoms with Crippen LogP contribution in [0.15, 0.2) is 70.6 Å². The van der Waals surface area contributed by atoms with E-state index in [1.807, 2.05) is 37.3 Å². The number of sulfonamides is 1. The third-order valence-electron chi connectivity index (χ3n) is 3.78. The molecule has 0 saturated heterocycles. The van der Waals surface area contributed by atoms with Crippen LogP contribution >= 0.6 is 15.9 Å². The van der Waals surface area contributed by atoms with Crippen LogP contribution in [0, 0.1) is 6.92 Å². The van der Waals surface area contributed by atoms with Crippen molar-refractivity contribution < 1.29 is 8.42 Å². The summed E-state index contributed by atoms with van der Waals surface area (Å²) < 4.78 is 30.9. The van der Waals surface area contributed by atoms with Gasteiger partial charge in [-0.05, 0) is 36.2 Å². The summed E-state index contributed by atoms with van der Waals surface area (Å²) in [6.07, 6.45) is 2.99. The normalized spacial score (nSPS) is 12.9. The van der Waals surface area contributed by atoms with Gasteiger partial charge in [0.2, 0.25) is 10.0 Å². The lowest BCUT2D eigenvalue weighted by Gasteiger charge is -2.19. The van der Waals surface area contributed by atoms with E-state index >= 15 is 0 Å². The Morgan fingerprint density at radius 3 is 2.60 bits per heavy atom. The molecule has 0 aliphatic rings. The number of benzene rings is 2. The Morgan fingerprint density at radius 1 is 1.20 bits per heavy atom. The van der Waals surface area contributed by atoms with Crippen LogP contribution in [-0.4, -0.2) is 23.2 Å². The highest BCUT2D eigenvalue weighted by molar-refractivity contribution is 9.10. The van der Waals surface area contributed by atoms with E-state index in [-0.39, 0.29) is 4.90 Å². The predicted molar refractivity (Wildman–Crippen MR) is 98.4 cm³/mol. The molecule has 130 valence electrons. The quantitative estimate of drug-likeness (QED) is 0.664. The standard InChI is InChI=1S/C17H17BrN4O2S/c1-13-9-15(7-8-16(13)18)25(23,24)21-17(10-22-12-19-11-20-22)14-5-3-2-4-6-14/h2-9,11-12,17,21H,10H2,1H3. The van der Waals surface area contributed by atoms with Crippen molar-refractivity contribution in [2.75, 3.05) is 0 Å². The number of hydrogen-bond acceptors (Lipinski definition) is 4. The van der Waals surface area contributed by atoms with Crippen LogP contribution in [0.2, 0.25) is 0 Å². The molecule has 0 spiro atoms. The van der Waals surface area contributed by atoms with Gasteiger partial charge in [-0.1, -0.05) is 46.3 Å². The third kappa shape index (κ3) is 4.33. The Balaban J connectivity index is 1.92. The first-order valence-corrected chi connectivity index (χ1v) is 9.89. The second-order valence-electron chi connectivity index (χ2n) is 5.61. The van der Waals surface area contributed by atoms with E-state index in [0.717, 1.165) is 15.6 Å². The van der Waals surface area contributed by atoms with E-state index in [9.17, 15) is 8.42 Å². The molecular formula is C17H17BrN4O2S. The van der Waals surface area contributed by atoms with Crippen LogP contribution in [-0.2, 0) is 16.6 Å². The minimum atomic E-state index is -3.68. The summed E-state index contributed by atoms with van der Waals surface area (Å²) in [5.41, 5.74) is 1.71. The fourth-order valence-corrected chi connectivity index (χ4v) is 4.00. The first kappa shape index (κ1) is 17.8. The van der Waals surface area contributed by atoms with Crippen molar-refractivity contribution in [2.45, 2.75) is 24.4 Å². The van der Waals surface area contributed by atoms with Gasteiger partial charge in [0, 0.05) is 4.47 Å². The van der Waals surface area contributed by atoms with Gasteiger partial charge in [0.1, 0.15) is 12.7 Å². The largest absolute Gasteiger partial charge is 0.251 e.